The van der Waals surface area contributed by atoms with E-state index in [-0.39, 0.29) is 11.4 Å². The van der Waals surface area contributed by atoms with Gasteiger partial charge >= 0.3 is 5.97 Å². The van der Waals surface area contributed by atoms with Gasteiger partial charge < -0.3 is 10.5 Å². The van der Waals surface area contributed by atoms with Crippen LogP contribution in [0.1, 0.15) is 10.5 Å². The quantitative estimate of drug-likeness (QED) is 0.665. The van der Waals surface area contributed by atoms with Crippen molar-refractivity contribution in [1.82, 2.24) is 4.98 Å². The highest BCUT2D eigenvalue weighted by Crippen LogP contribution is 2.34. The van der Waals surface area contributed by atoms with E-state index in [0.29, 0.717) is 26.3 Å². The average Bonchev–Trinajstić information content (AvgIpc) is 2.43. The molecular weight excluding hydrogens is 323 g/mol. The average molecular weight is 332 g/mol. The first kappa shape index (κ1) is 14.9. The van der Waals surface area contributed by atoms with E-state index in [1.165, 1.54) is 13.2 Å². The van der Waals surface area contributed by atoms with Crippen LogP contribution in [-0.4, -0.2) is 18.1 Å². The Morgan fingerprint density at radius 2 is 1.80 bits per heavy atom. The zero-order valence-electron chi connectivity index (χ0n) is 10.3. The number of halogens is 3. The summed E-state index contributed by atoms with van der Waals surface area (Å²) in [5.41, 5.74) is 6.93. The van der Waals surface area contributed by atoms with Crippen molar-refractivity contribution >= 4 is 46.5 Å². The zero-order valence-corrected chi connectivity index (χ0v) is 12.6. The number of nitrogens with zero attached hydrogens (tertiary/aromatic N) is 1. The van der Waals surface area contributed by atoms with E-state index in [1.807, 2.05) is 0 Å². The highest BCUT2D eigenvalue weighted by Gasteiger charge is 2.15. The lowest BCUT2D eigenvalue weighted by Gasteiger charge is -2.09. The van der Waals surface area contributed by atoms with Gasteiger partial charge in [-0.25, -0.2) is 9.78 Å². The fourth-order valence-corrected chi connectivity index (χ4v) is 2.24. The summed E-state index contributed by atoms with van der Waals surface area (Å²) in [5, 5.41) is 1.04. The van der Waals surface area contributed by atoms with Crippen molar-refractivity contribution in [3.05, 3.63) is 45.0 Å². The number of nitrogen functional groups attached to an aromatic ring is 1. The Kier molecular flexibility index (Phi) is 4.38. The molecule has 20 heavy (non-hydrogen) atoms. The molecule has 0 amide bonds. The molecule has 1 aromatic carbocycles. The Morgan fingerprint density at radius 3 is 2.45 bits per heavy atom. The Morgan fingerprint density at radius 1 is 1.15 bits per heavy atom. The SMILES string of the molecule is COC(=O)c1nc(-c2cc(Cl)c(Cl)cc2Cl)ccc1N. The predicted molar refractivity (Wildman–Crippen MR) is 80.5 cm³/mol. The molecule has 0 aliphatic rings. The molecule has 7 heteroatoms. The van der Waals surface area contributed by atoms with E-state index < -0.39 is 5.97 Å². The van der Waals surface area contributed by atoms with Crippen LogP contribution in [-0.2, 0) is 4.74 Å². The van der Waals surface area contributed by atoms with Crippen LogP contribution in [0.4, 0.5) is 5.69 Å². The van der Waals surface area contributed by atoms with Crippen LogP contribution in [0.3, 0.4) is 0 Å². The second-order valence-corrected chi connectivity index (χ2v) is 5.09. The third-order valence-corrected chi connectivity index (χ3v) is 3.63. The maximum absolute atomic E-state index is 11.6. The number of ether oxygens (including phenoxy) is 1. The summed E-state index contributed by atoms with van der Waals surface area (Å²) >= 11 is 17.9. The van der Waals surface area contributed by atoms with Crippen LogP contribution >= 0.6 is 34.8 Å². The van der Waals surface area contributed by atoms with Gasteiger partial charge in [0, 0.05) is 5.56 Å². The van der Waals surface area contributed by atoms with Gasteiger partial charge in [0.1, 0.15) is 0 Å². The molecule has 0 saturated carbocycles. The lowest BCUT2D eigenvalue weighted by molar-refractivity contribution is 0.0595. The van der Waals surface area contributed by atoms with Crippen molar-refractivity contribution in [1.29, 1.82) is 0 Å². The van der Waals surface area contributed by atoms with E-state index in [4.69, 9.17) is 40.5 Å². The van der Waals surface area contributed by atoms with Crippen LogP contribution in [0.15, 0.2) is 24.3 Å². The van der Waals surface area contributed by atoms with Crippen molar-refractivity contribution in [2.24, 2.45) is 0 Å². The maximum atomic E-state index is 11.6. The third kappa shape index (κ3) is 2.82. The first-order valence-electron chi connectivity index (χ1n) is 5.43. The van der Waals surface area contributed by atoms with Gasteiger partial charge in [0.15, 0.2) is 5.69 Å². The van der Waals surface area contributed by atoms with Gasteiger partial charge in [-0.15, -0.1) is 0 Å². The number of methoxy groups -OCH3 is 1. The topological polar surface area (TPSA) is 65.2 Å². The summed E-state index contributed by atoms with van der Waals surface area (Å²) in [6.45, 7) is 0. The normalized spacial score (nSPS) is 10.4. The number of anilines is 1. The van der Waals surface area contributed by atoms with Gasteiger partial charge in [-0.3, -0.25) is 0 Å². The summed E-state index contributed by atoms with van der Waals surface area (Å²) in [5.74, 6) is -0.625. The molecule has 0 radical (unpaired) electrons. The third-order valence-electron chi connectivity index (χ3n) is 2.59. The highest BCUT2D eigenvalue weighted by atomic mass is 35.5. The van der Waals surface area contributed by atoms with Gasteiger partial charge in [0.05, 0.1) is 33.6 Å². The Balaban J connectivity index is 2.59. The second kappa shape index (κ2) is 5.87. The van der Waals surface area contributed by atoms with Gasteiger partial charge in [-0.1, -0.05) is 34.8 Å². The minimum absolute atomic E-state index is 0.0205. The van der Waals surface area contributed by atoms with Crippen LogP contribution in [0.2, 0.25) is 15.1 Å². The molecule has 4 nitrogen and oxygen atoms in total. The van der Waals surface area contributed by atoms with Gasteiger partial charge in [0.2, 0.25) is 0 Å². The Hall–Kier alpha value is -1.49. The molecular formula is C13H9Cl3N2O2. The van der Waals surface area contributed by atoms with Crippen molar-refractivity contribution in [2.45, 2.75) is 0 Å². The molecule has 0 spiro atoms. The molecule has 0 bridgehead atoms. The molecule has 0 saturated heterocycles. The van der Waals surface area contributed by atoms with E-state index in [2.05, 4.69) is 9.72 Å². The number of rotatable bonds is 2. The summed E-state index contributed by atoms with van der Waals surface area (Å²) in [6, 6.07) is 6.27. The molecule has 0 fully saturated rings. The van der Waals surface area contributed by atoms with Gasteiger partial charge in [-0.2, -0.15) is 0 Å². The van der Waals surface area contributed by atoms with Crippen molar-refractivity contribution in [3.63, 3.8) is 0 Å². The van der Waals surface area contributed by atoms with E-state index in [1.54, 1.807) is 18.2 Å². The number of hydrogen-bond acceptors (Lipinski definition) is 4. The molecule has 0 unspecified atom stereocenters. The van der Waals surface area contributed by atoms with Crippen molar-refractivity contribution in [3.8, 4) is 11.3 Å². The first-order chi connectivity index (χ1) is 9.43. The largest absolute Gasteiger partial charge is 0.464 e. The first-order valence-corrected chi connectivity index (χ1v) is 6.57. The zero-order chi connectivity index (χ0) is 14.9. The van der Waals surface area contributed by atoms with Crippen molar-refractivity contribution < 1.29 is 9.53 Å². The maximum Gasteiger partial charge on any atom is 0.358 e. The lowest BCUT2D eigenvalue weighted by Crippen LogP contribution is -2.09. The number of aromatic nitrogens is 1. The number of carbonyl (C=O) groups excluding carboxylic acids is 1. The molecule has 0 aliphatic carbocycles. The number of hydrogen-bond donors (Lipinski definition) is 1. The molecule has 2 N–H and O–H groups in total. The summed E-state index contributed by atoms with van der Waals surface area (Å²) in [4.78, 5) is 15.7. The van der Waals surface area contributed by atoms with Crippen LogP contribution in [0.25, 0.3) is 11.3 Å². The molecule has 0 atom stereocenters. The van der Waals surface area contributed by atoms with Crippen LogP contribution in [0.5, 0.6) is 0 Å². The summed E-state index contributed by atoms with van der Waals surface area (Å²) in [6.07, 6.45) is 0. The molecule has 0 aliphatic heterocycles. The molecule has 2 aromatic rings. The highest BCUT2D eigenvalue weighted by molar-refractivity contribution is 6.44. The van der Waals surface area contributed by atoms with Crippen LogP contribution in [0, 0.1) is 0 Å². The Bertz CT molecular complexity index is 690. The standard InChI is InChI=1S/C13H9Cl3N2O2/c1-20-13(19)12-10(17)2-3-11(18-12)6-4-8(15)9(16)5-7(6)14/h2-5H,17H2,1H3. The lowest BCUT2D eigenvalue weighted by atomic mass is 10.1. The smallest absolute Gasteiger partial charge is 0.358 e. The minimum Gasteiger partial charge on any atom is -0.464 e. The van der Waals surface area contributed by atoms with E-state index in [9.17, 15) is 4.79 Å². The van der Waals surface area contributed by atoms with E-state index in [0.717, 1.165) is 0 Å². The molecule has 2 rings (SSSR count). The number of nitrogens with two attached hydrogens (primary N) is 1. The number of pyridine rings is 1. The number of carbonyl (C=O) groups is 1. The Labute approximate surface area is 130 Å². The van der Waals surface area contributed by atoms with Gasteiger partial charge in [-0.05, 0) is 24.3 Å². The second-order valence-electron chi connectivity index (χ2n) is 3.87. The van der Waals surface area contributed by atoms with E-state index >= 15 is 0 Å². The van der Waals surface area contributed by atoms with Crippen LogP contribution < -0.4 is 5.73 Å². The molecule has 1 aromatic heterocycles. The number of benzene rings is 1. The summed E-state index contributed by atoms with van der Waals surface area (Å²) in [7, 11) is 1.25. The van der Waals surface area contributed by atoms with Gasteiger partial charge in [0.25, 0.3) is 0 Å². The summed E-state index contributed by atoms with van der Waals surface area (Å²) < 4.78 is 4.62. The fourth-order valence-electron chi connectivity index (χ4n) is 1.60. The number of esters is 1. The fraction of sp³-hybridized carbons (Fsp3) is 0.0769. The molecule has 104 valence electrons. The molecule has 1 heterocycles. The minimum atomic E-state index is -0.625. The predicted octanol–water partition coefficient (Wildman–Crippen LogP) is 4.08. The van der Waals surface area contributed by atoms with Crippen molar-refractivity contribution in [2.75, 3.05) is 12.8 Å². The monoisotopic (exact) mass is 330 g/mol.